The van der Waals surface area contributed by atoms with Crippen molar-refractivity contribution in [2.45, 2.75) is 24.7 Å². The molecule has 0 amide bonds. The average Bonchev–Trinajstić information content (AvgIpc) is 3.14. The van der Waals surface area contributed by atoms with Crippen LogP contribution in [0, 0.1) is 0 Å². The molecule has 0 spiro atoms. The normalized spacial score (nSPS) is 10.5. The van der Waals surface area contributed by atoms with E-state index >= 15 is 0 Å². The molecule has 0 atom stereocenters. The van der Waals surface area contributed by atoms with E-state index in [2.05, 4.69) is 20.8 Å². The van der Waals surface area contributed by atoms with Gasteiger partial charge >= 0.3 is 0 Å². The van der Waals surface area contributed by atoms with Crippen molar-refractivity contribution in [1.82, 2.24) is 25.5 Å². The molecule has 0 fully saturated rings. The lowest BCUT2D eigenvalue weighted by molar-refractivity contribution is 0.284. The number of aryl methyl sites for hydroxylation is 1. The summed E-state index contributed by atoms with van der Waals surface area (Å²) >= 11 is 8.10. The van der Waals surface area contributed by atoms with Gasteiger partial charge in [-0.3, -0.25) is 0 Å². The van der Waals surface area contributed by atoms with Gasteiger partial charge in [0, 0.05) is 19.3 Å². The topological polar surface area (TPSA) is 74.1 Å². The molecular weight excluding hydrogens is 445 g/mol. The number of rotatable bonds is 11. The third-order valence-corrected chi connectivity index (χ3v) is 5.53. The number of nitrogens with zero attached hydrogens (tertiary/aromatic N) is 4. The largest absolute Gasteiger partial charge is 0.493 e. The zero-order chi connectivity index (χ0) is 20.5. The summed E-state index contributed by atoms with van der Waals surface area (Å²) in [4.78, 5) is 0. The van der Waals surface area contributed by atoms with Crippen LogP contribution in [0.2, 0.25) is 5.02 Å². The lowest BCUT2D eigenvalue weighted by Crippen LogP contribution is -2.15. The van der Waals surface area contributed by atoms with Crippen LogP contribution in [0.1, 0.15) is 17.5 Å². The highest BCUT2D eigenvalue weighted by molar-refractivity contribution is 7.99. The van der Waals surface area contributed by atoms with Crippen LogP contribution in [0.25, 0.3) is 0 Å². The SMILES string of the molecule is COc1cc(CNCCCSc2nnnn2C)cc(Cl)c1OCc1ccccc1.Cl. The van der Waals surface area contributed by atoms with Crippen molar-refractivity contribution in [3.8, 4) is 11.5 Å². The van der Waals surface area contributed by atoms with E-state index in [0.29, 0.717) is 29.7 Å². The van der Waals surface area contributed by atoms with Gasteiger partial charge in [-0.1, -0.05) is 53.7 Å². The standard InChI is InChI=1S/C20H24ClN5O2S.ClH/c1-26-20(23-24-25-26)29-10-6-9-22-13-16-11-17(21)19(18(12-16)27-2)28-14-15-7-4-3-5-8-15;/h3-5,7-8,11-12,22H,6,9-10,13-14H2,1-2H3;1H. The summed E-state index contributed by atoms with van der Waals surface area (Å²) in [5.74, 6) is 2.14. The van der Waals surface area contributed by atoms with Gasteiger partial charge in [-0.15, -0.1) is 17.5 Å². The molecule has 3 rings (SSSR count). The summed E-state index contributed by atoms with van der Waals surface area (Å²) in [7, 11) is 3.46. The van der Waals surface area contributed by atoms with Gasteiger partial charge in [0.15, 0.2) is 11.5 Å². The van der Waals surface area contributed by atoms with E-state index in [9.17, 15) is 0 Å². The molecule has 1 aromatic heterocycles. The fraction of sp³-hybridized carbons (Fsp3) is 0.350. The molecule has 0 radical (unpaired) electrons. The predicted molar refractivity (Wildman–Crippen MR) is 122 cm³/mol. The van der Waals surface area contributed by atoms with Crippen molar-refractivity contribution < 1.29 is 9.47 Å². The van der Waals surface area contributed by atoms with Crippen LogP contribution >= 0.6 is 35.8 Å². The first-order chi connectivity index (χ1) is 14.2. The Morgan fingerprint density at radius 1 is 1.17 bits per heavy atom. The maximum atomic E-state index is 6.46. The molecule has 0 bridgehead atoms. The maximum Gasteiger partial charge on any atom is 0.209 e. The molecule has 1 heterocycles. The Labute approximate surface area is 191 Å². The minimum Gasteiger partial charge on any atom is -0.493 e. The molecule has 162 valence electrons. The minimum absolute atomic E-state index is 0. The zero-order valence-corrected chi connectivity index (χ0v) is 19.3. The summed E-state index contributed by atoms with van der Waals surface area (Å²) in [6.45, 7) is 2.02. The third-order valence-electron chi connectivity index (χ3n) is 4.15. The van der Waals surface area contributed by atoms with Crippen molar-refractivity contribution in [3.63, 3.8) is 0 Å². The molecule has 0 aliphatic carbocycles. The third kappa shape index (κ3) is 7.05. The second-order valence-electron chi connectivity index (χ2n) is 6.35. The van der Waals surface area contributed by atoms with E-state index in [1.54, 1.807) is 23.6 Å². The highest BCUT2D eigenvalue weighted by atomic mass is 35.5. The van der Waals surface area contributed by atoms with E-state index in [1.165, 1.54) is 0 Å². The van der Waals surface area contributed by atoms with Gasteiger partial charge in [0.05, 0.1) is 12.1 Å². The lowest BCUT2D eigenvalue weighted by Gasteiger charge is -2.14. The van der Waals surface area contributed by atoms with Crippen LogP contribution in [-0.2, 0) is 20.2 Å². The zero-order valence-electron chi connectivity index (χ0n) is 16.9. The van der Waals surface area contributed by atoms with Gasteiger partial charge in [-0.05, 0) is 46.7 Å². The van der Waals surface area contributed by atoms with Gasteiger partial charge in [0.1, 0.15) is 6.61 Å². The van der Waals surface area contributed by atoms with E-state index < -0.39 is 0 Å². The van der Waals surface area contributed by atoms with Crippen molar-refractivity contribution in [2.75, 3.05) is 19.4 Å². The molecule has 0 unspecified atom stereocenters. The highest BCUT2D eigenvalue weighted by Crippen LogP contribution is 2.37. The predicted octanol–water partition coefficient (Wildman–Crippen LogP) is 4.14. The molecule has 0 aliphatic heterocycles. The number of methoxy groups -OCH3 is 1. The first-order valence-electron chi connectivity index (χ1n) is 9.26. The summed E-state index contributed by atoms with van der Waals surface area (Å²) in [5, 5.41) is 16.2. The quantitative estimate of drug-likeness (QED) is 0.334. The Kier molecular flexibility index (Phi) is 10.2. The summed E-state index contributed by atoms with van der Waals surface area (Å²) < 4.78 is 13.1. The van der Waals surface area contributed by atoms with Crippen LogP contribution < -0.4 is 14.8 Å². The van der Waals surface area contributed by atoms with E-state index in [4.69, 9.17) is 21.1 Å². The molecule has 2 aromatic carbocycles. The van der Waals surface area contributed by atoms with Gasteiger partial charge < -0.3 is 14.8 Å². The Hall–Kier alpha value is -2.00. The van der Waals surface area contributed by atoms with Crippen LogP contribution in [0.15, 0.2) is 47.6 Å². The molecule has 3 aromatic rings. The van der Waals surface area contributed by atoms with Crippen molar-refractivity contribution in [3.05, 3.63) is 58.6 Å². The van der Waals surface area contributed by atoms with Crippen LogP contribution in [0.4, 0.5) is 0 Å². The van der Waals surface area contributed by atoms with Crippen molar-refractivity contribution >= 4 is 35.8 Å². The number of nitrogens with one attached hydrogen (secondary N) is 1. The summed E-state index contributed by atoms with van der Waals surface area (Å²) in [5.41, 5.74) is 2.12. The first-order valence-corrected chi connectivity index (χ1v) is 10.6. The van der Waals surface area contributed by atoms with Gasteiger partial charge in [0.25, 0.3) is 0 Å². The molecule has 10 heteroatoms. The first kappa shape index (κ1) is 24.3. The number of hydrogen-bond acceptors (Lipinski definition) is 7. The lowest BCUT2D eigenvalue weighted by atomic mass is 10.2. The summed E-state index contributed by atoms with van der Waals surface area (Å²) in [6, 6.07) is 13.8. The second kappa shape index (κ2) is 12.6. The van der Waals surface area contributed by atoms with Crippen molar-refractivity contribution in [1.29, 1.82) is 0 Å². The Morgan fingerprint density at radius 2 is 1.97 bits per heavy atom. The number of thioether (sulfide) groups is 1. The maximum absolute atomic E-state index is 6.46. The number of aromatic nitrogens is 4. The fourth-order valence-electron chi connectivity index (χ4n) is 2.68. The van der Waals surface area contributed by atoms with E-state index in [1.807, 2.05) is 49.5 Å². The average molecular weight is 470 g/mol. The molecule has 1 N–H and O–H groups in total. The minimum atomic E-state index is 0. The second-order valence-corrected chi connectivity index (χ2v) is 7.82. The Balaban J connectivity index is 0.00000320. The van der Waals surface area contributed by atoms with Crippen molar-refractivity contribution in [2.24, 2.45) is 7.05 Å². The molecule has 0 saturated heterocycles. The number of benzene rings is 2. The van der Waals surface area contributed by atoms with Crippen LogP contribution in [0.5, 0.6) is 11.5 Å². The van der Waals surface area contributed by atoms with Crippen LogP contribution in [0.3, 0.4) is 0 Å². The smallest absolute Gasteiger partial charge is 0.209 e. The van der Waals surface area contributed by atoms with Gasteiger partial charge in [-0.2, -0.15) is 0 Å². The number of tetrazole rings is 1. The number of hydrogen-bond donors (Lipinski definition) is 1. The monoisotopic (exact) mass is 469 g/mol. The number of ether oxygens (including phenoxy) is 2. The van der Waals surface area contributed by atoms with Gasteiger partial charge in [0.2, 0.25) is 5.16 Å². The van der Waals surface area contributed by atoms with E-state index in [-0.39, 0.29) is 12.4 Å². The molecule has 30 heavy (non-hydrogen) atoms. The molecule has 0 saturated carbocycles. The fourth-order valence-corrected chi connectivity index (χ4v) is 3.76. The Morgan fingerprint density at radius 3 is 2.67 bits per heavy atom. The Bertz CT molecular complexity index is 911. The molecule has 0 aliphatic rings. The number of halogens is 2. The van der Waals surface area contributed by atoms with E-state index in [0.717, 1.165) is 35.0 Å². The summed E-state index contributed by atoms with van der Waals surface area (Å²) in [6.07, 6.45) is 1.00. The molecular formula is C20H25Cl2N5O2S. The van der Waals surface area contributed by atoms with Gasteiger partial charge in [-0.25, -0.2) is 4.68 Å². The highest BCUT2D eigenvalue weighted by Gasteiger charge is 2.12. The van der Waals surface area contributed by atoms with Crippen LogP contribution in [-0.4, -0.2) is 39.6 Å². The molecule has 7 nitrogen and oxygen atoms in total.